The molecule has 5 nitrogen and oxygen atoms in total. The van der Waals surface area contributed by atoms with Crippen molar-refractivity contribution in [3.63, 3.8) is 0 Å². The maximum atomic E-state index is 12.7. The number of carbonyl (C=O) groups excluding carboxylic acids is 1. The first-order valence-corrected chi connectivity index (χ1v) is 7.97. The van der Waals surface area contributed by atoms with Crippen LogP contribution in [0.4, 0.5) is 0 Å². The average Bonchev–Trinajstić information content (AvgIpc) is 2.93. The molecule has 1 amide bonds. The van der Waals surface area contributed by atoms with Gasteiger partial charge in [-0.2, -0.15) is 0 Å². The van der Waals surface area contributed by atoms with Crippen molar-refractivity contribution in [1.29, 1.82) is 0 Å². The van der Waals surface area contributed by atoms with Gasteiger partial charge in [0.2, 0.25) is 5.91 Å². The number of piperidine rings is 1. The predicted molar refractivity (Wildman–Crippen MR) is 77.4 cm³/mol. The molecule has 0 aromatic carbocycles. The summed E-state index contributed by atoms with van der Waals surface area (Å²) in [6.45, 7) is 6.13. The summed E-state index contributed by atoms with van der Waals surface area (Å²) >= 11 is 0. The SMILES string of the molecule is CCCNC1COCC1C(=O)N1CCCC(CCO)C1. The summed E-state index contributed by atoms with van der Waals surface area (Å²) in [5, 5.41) is 12.5. The number of amides is 1. The largest absolute Gasteiger partial charge is 0.396 e. The lowest BCUT2D eigenvalue weighted by Crippen LogP contribution is -2.49. The number of hydrogen-bond acceptors (Lipinski definition) is 4. The zero-order valence-corrected chi connectivity index (χ0v) is 12.5. The number of nitrogens with one attached hydrogen (secondary N) is 1. The first-order valence-electron chi connectivity index (χ1n) is 7.97. The number of ether oxygens (including phenoxy) is 1. The van der Waals surface area contributed by atoms with Gasteiger partial charge in [0.15, 0.2) is 0 Å². The van der Waals surface area contributed by atoms with Crippen molar-refractivity contribution in [2.45, 2.75) is 38.6 Å². The molecule has 2 aliphatic heterocycles. The van der Waals surface area contributed by atoms with Crippen LogP contribution in [0.15, 0.2) is 0 Å². The van der Waals surface area contributed by atoms with E-state index in [2.05, 4.69) is 12.2 Å². The molecule has 2 aliphatic rings. The van der Waals surface area contributed by atoms with Crippen molar-refractivity contribution in [3.05, 3.63) is 0 Å². The molecule has 5 heteroatoms. The fraction of sp³-hybridized carbons (Fsp3) is 0.933. The van der Waals surface area contributed by atoms with Gasteiger partial charge in [-0.15, -0.1) is 0 Å². The number of hydrogen-bond donors (Lipinski definition) is 2. The van der Waals surface area contributed by atoms with Crippen LogP contribution >= 0.6 is 0 Å². The predicted octanol–water partition coefficient (Wildman–Crippen LogP) is 0.622. The van der Waals surface area contributed by atoms with Crippen LogP contribution in [0.3, 0.4) is 0 Å². The molecule has 3 unspecified atom stereocenters. The van der Waals surface area contributed by atoms with Gasteiger partial charge >= 0.3 is 0 Å². The second-order valence-electron chi connectivity index (χ2n) is 6.01. The number of aliphatic hydroxyl groups excluding tert-OH is 1. The van der Waals surface area contributed by atoms with E-state index in [0.29, 0.717) is 19.1 Å². The monoisotopic (exact) mass is 284 g/mol. The van der Waals surface area contributed by atoms with E-state index < -0.39 is 0 Å². The van der Waals surface area contributed by atoms with Crippen LogP contribution < -0.4 is 5.32 Å². The molecule has 2 rings (SSSR count). The Morgan fingerprint density at radius 1 is 1.45 bits per heavy atom. The molecule has 0 saturated carbocycles. The van der Waals surface area contributed by atoms with Crippen LogP contribution in [0.25, 0.3) is 0 Å². The third kappa shape index (κ3) is 3.93. The van der Waals surface area contributed by atoms with Gasteiger partial charge in [0.25, 0.3) is 0 Å². The van der Waals surface area contributed by atoms with E-state index in [9.17, 15) is 4.79 Å². The highest BCUT2D eigenvalue weighted by Gasteiger charge is 2.37. The zero-order valence-electron chi connectivity index (χ0n) is 12.5. The van der Waals surface area contributed by atoms with Crippen molar-refractivity contribution in [2.75, 3.05) is 39.5 Å². The summed E-state index contributed by atoms with van der Waals surface area (Å²) in [5.41, 5.74) is 0. The van der Waals surface area contributed by atoms with Crippen LogP contribution in [-0.2, 0) is 9.53 Å². The number of carbonyl (C=O) groups is 1. The van der Waals surface area contributed by atoms with Crippen LogP contribution in [0.2, 0.25) is 0 Å². The molecule has 0 aromatic heterocycles. The second-order valence-corrected chi connectivity index (χ2v) is 6.01. The maximum absolute atomic E-state index is 12.7. The van der Waals surface area contributed by atoms with Gasteiger partial charge in [-0.25, -0.2) is 0 Å². The van der Waals surface area contributed by atoms with Crippen LogP contribution in [0, 0.1) is 11.8 Å². The highest BCUT2D eigenvalue weighted by Crippen LogP contribution is 2.23. The van der Waals surface area contributed by atoms with Gasteiger partial charge in [-0.3, -0.25) is 4.79 Å². The minimum atomic E-state index is -0.0329. The topological polar surface area (TPSA) is 61.8 Å². The molecule has 2 fully saturated rings. The first kappa shape index (κ1) is 15.7. The molecule has 0 aliphatic carbocycles. The number of nitrogens with zero attached hydrogens (tertiary/aromatic N) is 1. The second kappa shape index (κ2) is 7.96. The Kier molecular flexibility index (Phi) is 6.26. The van der Waals surface area contributed by atoms with E-state index in [0.717, 1.165) is 45.3 Å². The summed E-state index contributed by atoms with van der Waals surface area (Å²) in [6.07, 6.45) is 4.06. The Hall–Kier alpha value is -0.650. The number of rotatable bonds is 6. The molecular weight excluding hydrogens is 256 g/mol. The Labute approximate surface area is 121 Å². The molecule has 3 atom stereocenters. The third-order valence-corrected chi connectivity index (χ3v) is 4.42. The van der Waals surface area contributed by atoms with E-state index in [4.69, 9.17) is 9.84 Å². The standard InChI is InChI=1S/C15H28N2O3/c1-2-6-16-14-11-20-10-13(14)15(19)17-7-3-4-12(9-17)5-8-18/h12-14,16,18H,2-11H2,1H3. The molecule has 116 valence electrons. The third-order valence-electron chi connectivity index (χ3n) is 4.42. The smallest absolute Gasteiger partial charge is 0.229 e. The van der Waals surface area contributed by atoms with E-state index in [1.807, 2.05) is 4.90 Å². The summed E-state index contributed by atoms with van der Waals surface area (Å²) < 4.78 is 5.50. The molecular formula is C15H28N2O3. The lowest BCUT2D eigenvalue weighted by Gasteiger charge is -2.35. The fourth-order valence-electron chi connectivity index (χ4n) is 3.25. The summed E-state index contributed by atoms with van der Waals surface area (Å²) in [4.78, 5) is 14.7. The van der Waals surface area contributed by atoms with E-state index in [1.54, 1.807) is 0 Å². The highest BCUT2D eigenvalue weighted by atomic mass is 16.5. The Morgan fingerprint density at radius 3 is 3.05 bits per heavy atom. The van der Waals surface area contributed by atoms with Crippen molar-refractivity contribution >= 4 is 5.91 Å². The fourth-order valence-corrected chi connectivity index (χ4v) is 3.25. The molecule has 2 N–H and O–H groups in total. The lowest BCUT2D eigenvalue weighted by molar-refractivity contribution is -0.138. The molecule has 0 spiro atoms. The number of aliphatic hydroxyl groups is 1. The van der Waals surface area contributed by atoms with E-state index in [-0.39, 0.29) is 24.5 Å². The Morgan fingerprint density at radius 2 is 2.30 bits per heavy atom. The van der Waals surface area contributed by atoms with Gasteiger partial charge in [0, 0.05) is 25.7 Å². The van der Waals surface area contributed by atoms with Crippen LogP contribution in [0.1, 0.15) is 32.6 Å². The van der Waals surface area contributed by atoms with Crippen molar-refractivity contribution < 1.29 is 14.6 Å². The summed E-state index contributed by atoms with van der Waals surface area (Å²) in [7, 11) is 0. The van der Waals surface area contributed by atoms with E-state index >= 15 is 0 Å². The Bertz CT molecular complexity index is 309. The normalized spacial score (nSPS) is 30.7. The van der Waals surface area contributed by atoms with Crippen molar-refractivity contribution in [3.8, 4) is 0 Å². The number of likely N-dealkylation sites (tertiary alicyclic amines) is 1. The zero-order chi connectivity index (χ0) is 14.4. The highest BCUT2D eigenvalue weighted by molar-refractivity contribution is 5.80. The molecule has 2 saturated heterocycles. The van der Waals surface area contributed by atoms with Gasteiger partial charge < -0.3 is 20.1 Å². The van der Waals surface area contributed by atoms with E-state index in [1.165, 1.54) is 0 Å². The molecule has 20 heavy (non-hydrogen) atoms. The molecule has 2 heterocycles. The van der Waals surface area contributed by atoms with Gasteiger partial charge in [0.05, 0.1) is 19.1 Å². The van der Waals surface area contributed by atoms with Gasteiger partial charge in [-0.1, -0.05) is 6.92 Å². The quantitative estimate of drug-likeness (QED) is 0.751. The molecule has 0 aromatic rings. The van der Waals surface area contributed by atoms with Crippen molar-refractivity contribution in [1.82, 2.24) is 10.2 Å². The Balaban J connectivity index is 1.88. The summed E-state index contributed by atoms with van der Waals surface area (Å²) in [6, 6.07) is 0.167. The minimum absolute atomic E-state index is 0.0329. The lowest BCUT2D eigenvalue weighted by atomic mass is 9.93. The molecule has 0 bridgehead atoms. The average molecular weight is 284 g/mol. The van der Waals surface area contributed by atoms with Crippen molar-refractivity contribution in [2.24, 2.45) is 11.8 Å². The first-order chi connectivity index (χ1) is 9.76. The summed E-state index contributed by atoms with van der Waals surface area (Å²) in [5.74, 6) is 0.662. The van der Waals surface area contributed by atoms with Gasteiger partial charge in [-0.05, 0) is 38.1 Å². The van der Waals surface area contributed by atoms with Crippen LogP contribution in [-0.4, -0.2) is 61.4 Å². The minimum Gasteiger partial charge on any atom is -0.396 e. The maximum Gasteiger partial charge on any atom is 0.229 e. The molecule has 0 radical (unpaired) electrons. The van der Waals surface area contributed by atoms with Gasteiger partial charge in [0.1, 0.15) is 0 Å². The van der Waals surface area contributed by atoms with Crippen LogP contribution in [0.5, 0.6) is 0 Å².